The first kappa shape index (κ1) is 16.9. The standard InChI is InChI=1S/C16H22FN5O/c1-2-3-10-19-16(18)20-11-4-5-14-21-15(22-23-14)12-6-8-13(17)9-7-12/h6-9H,2-5,10-11H2,1H3,(H3,18,19,20). The molecule has 0 aliphatic rings. The number of aryl methyl sites for hydroxylation is 1. The minimum absolute atomic E-state index is 0.291. The van der Waals surface area contributed by atoms with E-state index < -0.39 is 0 Å². The van der Waals surface area contributed by atoms with Crippen molar-refractivity contribution in [2.24, 2.45) is 10.7 Å². The number of hydrogen-bond acceptors (Lipinski definition) is 4. The predicted octanol–water partition coefficient (Wildman–Crippen LogP) is 2.51. The van der Waals surface area contributed by atoms with E-state index in [0.717, 1.165) is 31.4 Å². The molecule has 0 fully saturated rings. The highest BCUT2D eigenvalue weighted by Crippen LogP contribution is 2.16. The van der Waals surface area contributed by atoms with Crippen molar-refractivity contribution in [1.82, 2.24) is 15.5 Å². The van der Waals surface area contributed by atoms with Gasteiger partial charge in [-0.15, -0.1) is 0 Å². The van der Waals surface area contributed by atoms with E-state index in [1.807, 2.05) is 0 Å². The summed E-state index contributed by atoms with van der Waals surface area (Å²) in [6.45, 7) is 3.56. The van der Waals surface area contributed by atoms with Gasteiger partial charge in [0.25, 0.3) is 0 Å². The molecule has 0 saturated heterocycles. The molecule has 3 N–H and O–H groups in total. The van der Waals surface area contributed by atoms with E-state index >= 15 is 0 Å². The number of nitrogens with zero attached hydrogens (tertiary/aromatic N) is 3. The van der Waals surface area contributed by atoms with E-state index in [4.69, 9.17) is 10.3 Å². The number of halogens is 1. The van der Waals surface area contributed by atoms with Crippen molar-refractivity contribution in [2.45, 2.75) is 32.6 Å². The molecule has 7 heteroatoms. The highest BCUT2D eigenvalue weighted by Gasteiger charge is 2.08. The van der Waals surface area contributed by atoms with Gasteiger partial charge in [0.1, 0.15) is 5.82 Å². The van der Waals surface area contributed by atoms with E-state index in [2.05, 4.69) is 27.4 Å². The predicted molar refractivity (Wildman–Crippen MR) is 87.4 cm³/mol. The number of unbranched alkanes of at least 4 members (excludes halogenated alkanes) is 1. The minimum atomic E-state index is -0.291. The number of aromatic nitrogens is 2. The van der Waals surface area contributed by atoms with Crippen LogP contribution in [0, 0.1) is 5.82 Å². The van der Waals surface area contributed by atoms with Gasteiger partial charge < -0.3 is 15.6 Å². The van der Waals surface area contributed by atoms with Crippen LogP contribution in [-0.2, 0) is 6.42 Å². The molecule has 0 amide bonds. The van der Waals surface area contributed by atoms with Crippen molar-refractivity contribution in [2.75, 3.05) is 13.1 Å². The van der Waals surface area contributed by atoms with Gasteiger partial charge >= 0.3 is 0 Å². The molecule has 6 nitrogen and oxygen atoms in total. The lowest BCUT2D eigenvalue weighted by Gasteiger charge is -2.03. The van der Waals surface area contributed by atoms with Crippen LogP contribution in [0.4, 0.5) is 4.39 Å². The first-order valence-corrected chi connectivity index (χ1v) is 7.81. The molecule has 2 rings (SSSR count). The zero-order valence-corrected chi connectivity index (χ0v) is 13.3. The quantitative estimate of drug-likeness (QED) is 0.443. The third-order valence-electron chi connectivity index (χ3n) is 3.24. The van der Waals surface area contributed by atoms with Crippen LogP contribution in [0.5, 0.6) is 0 Å². The molecule has 0 bridgehead atoms. The molecule has 124 valence electrons. The molecule has 0 unspecified atom stereocenters. The Morgan fingerprint density at radius 2 is 2.09 bits per heavy atom. The van der Waals surface area contributed by atoms with Gasteiger partial charge in [-0.2, -0.15) is 4.98 Å². The van der Waals surface area contributed by atoms with Crippen LogP contribution in [0.25, 0.3) is 11.4 Å². The zero-order valence-electron chi connectivity index (χ0n) is 13.3. The molecule has 1 aromatic carbocycles. The average molecular weight is 319 g/mol. The molecule has 0 saturated carbocycles. The van der Waals surface area contributed by atoms with Gasteiger partial charge in [0.15, 0.2) is 5.96 Å². The highest BCUT2D eigenvalue weighted by atomic mass is 19.1. The number of nitrogens with two attached hydrogens (primary N) is 1. The lowest BCUT2D eigenvalue weighted by atomic mass is 10.2. The van der Waals surface area contributed by atoms with Crippen LogP contribution in [0.1, 0.15) is 32.1 Å². The molecule has 0 atom stereocenters. The summed E-state index contributed by atoms with van der Waals surface area (Å²) in [5.41, 5.74) is 6.47. The Morgan fingerprint density at radius 3 is 2.83 bits per heavy atom. The average Bonchev–Trinajstić information content (AvgIpc) is 3.01. The summed E-state index contributed by atoms with van der Waals surface area (Å²) in [5, 5.41) is 6.96. The number of hydrogen-bond donors (Lipinski definition) is 2. The molecule has 23 heavy (non-hydrogen) atoms. The molecule has 1 aromatic heterocycles. The van der Waals surface area contributed by atoms with Crippen molar-refractivity contribution >= 4 is 5.96 Å². The van der Waals surface area contributed by atoms with Crippen molar-refractivity contribution in [3.63, 3.8) is 0 Å². The minimum Gasteiger partial charge on any atom is -0.370 e. The Kier molecular flexibility index (Phi) is 6.53. The van der Waals surface area contributed by atoms with Crippen LogP contribution in [0.3, 0.4) is 0 Å². The maximum absolute atomic E-state index is 12.9. The fourth-order valence-electron chi connectivity index (χ4n) is 1.95. The maximum Gasteiger partial charge on any atom is 0.227 e. The maximum atomic E-state index is 12.9. The van der Waals surface area contributed by atoms with E-state index in [9.17, 15) is 4.39 Å². The molecule has 0 radical (unpaired) electrons. The van der Waals surface area contributed by atoms with Gasteiger partial charge in [0.05, 0.1) is 0 Å². The number of aliphatic imine (C=N–C) groups is 1. The Bertz CT molecular complexity index is 624. The second-order valence-corrected chi connectivity index (χ2v) is 5.17. The first-order chi connectivity index (χ1) is 11.2. The number of nitrogens with one attached hydrogen (secondary N) is 1. The molecule has 1 heterocycles. The molecular weight excluding hydrogens is 297 g/mol. The Morgan fingerprint density at radius 1 is 1.30 bits per heavy atom. The molecule has 0 spiro atoms. The summed E-state index contributed by atoms with van der Waals surface area (Å²) in [6.07, 6.45) is 3.58. The summed E-state index contributed by atoms with van der Waals surface area (Å²) in [5.74, 6) is 1.18. The van der Waals surface area contributed by atoms with E-state index in [1.54, 1.807) is 12.1 Å². The number of rotatable bonds is 8. The number of guanidine groups is 1. The highest BCUT2D eigenvalue weighted by molar-refractivity contribution is 5.77. The lowest BCUT2D eigenvalue weighted by Crippen LogP contribution is -2.32. The second-order valence-electron chi connectivity index (χ2n) is 5.17. The SMILES string of the molecule is CCCCNC(N)=NCCCc1nc(-c2ccc(F)cc2)no1. The van der Waals surface area contributed by atoms with Crippen LogP contribution in [0.15, 0.2) is 33.8 Å². The van der Waals surface area contributed by atoms with Gasteiger partial charge in [-0.1, -0.05) is 18.5 Å². The number of benzene rings is 1. The molecule has 2 aromatic rings. The zero-order chi connectivity index (χ0) is 16.5. The summed E-state index contributed by atoms with van der Waals surface area (Å²) in [7, 11) is 0. The Labute approximate surface area is 135 Å². The van der Waals surface area contributed by atoms with Crippen LogP contribution >= 0.6 is 0 Å². The van der Waals surface area contributed by atoms with Crippen LogP contribution in [0.2, 0.25) is 0 Å². The van der Waals surface area contributed by atoms with Crippen molar-refractivity contribution < 1.29 is 8.91 Å². The van der Waals surface area contributed by atoms with Crippen molar-refractivity contribution in [3.05, 3.63) is 36.0 Å². The molecule has 0 aliphatic heterocycles. The Balaban J connectivity index is 1.77. The van der Waals surface area contributed by atoms with Gasteiger partial charge in [0.2, 0.25) is 11.7 Å². The van der Waals surface area contributed by atoms with Gasteiger partial charge in [0, 0.05) is 25.1 Å². The third kappa shape index (κ3) is 5.69. The van der Waals surface area contributed by atoms with E-state index in [0.29, 0.717) is 30.6 Å². The van der Waals surface area contributed by atoms with Crippen molar-refractivity contribution in [1.29, 1.82) is 0 Å². The largest absolute Gasteiger partial charge is 0.370 e. The lowest BCUT2D eigenvalue weighted by molar-refractivity contribution is 0.376. The Hall–Kier alpha value is -2.44. The molecule has 0 aliphatic carbocycles. The van der Waals surface area contributed by atoms with E-state index in [-0.39, 0.29) is 5.82 Å². The van der Waals surface area contributed by atoms with Gasteiger partial charge in [-0.25, -0.2) is 4.39 Å². The fourth-order valence-corrected chi connectivity index (χ4v) is 1.95. The summed E-state index contributed by atoms with van der Waals surface area (Å²) >= 11 is 0. The van der Waals surface area contributed by atoms with E-state index in [1.165, 1.54) is 12.1 Å². The smallest absolute Gasteiger partial charge is 0.227 e. The summed E-state index contributed by atoms with van der Waals surface area (Å²) in [6, 6.07) is 5.98. The molecular formula is C16H22FN5O. The topological polar surface area (TPSA) is 89.3 Å². The first-order valence-electron chi connectivity index (χ1n) is 7.81. The monoisotopic (exact) mass is 319 g/mol. The van der Waals surface area contributed by atoms with Gasteiger partial charge in [-0.3, -0.25) is 4.99 Å². The summed E-state index contributed by atoms with van der Waals surface area (Å²) < 4.78 is 18.1. The third-order valence-corrected chi connectivity index (χ3v) is 3.24. The van der Waals surface area contributed by atoms with Crippen molar-refractivity contribution in [3.8, 4) is 11.4 Å². The van der Waals surface area contributed by atoms with Crippen LogP contribution in [-0.4, -0.2) is 29.2 Å². The normalized spacial score (nSPS) is 11.7. The fraction of sp³-hybridized carbons (Fsp3) is 0.438. The van der Waals surface area contributed by atoms with Gasteiger partial charge in [-0.05, 0) is 37.1 Å². The summed E-state index contributed by atoms with van der Waals surface area (Å²) in [4.78, 5) is 8.53. The second kappa shape index (κ2) is 8.87. The van der Waals surface area contributed by atoms with Crippen LogP contribution < -0.4 is 11.1 Å².